The van der Waals surface area contributed by atoms with Crippen LogP contribution in [0.3, 0.4) is 0 Å². The first-order chi connectivity index (χ1) is 11.3. The van der Waals surface area contributed by atoms with Gasteiger partial charge in [0, 0.05) is 26.3 Å². The van der Waals surface area contributed by atoms with Crippen molar-refractivity contribution in [1.82, 2.24) is 4.31 Å². The Bertz CT molecular complexity index is 642. The summed E-state index contributed by atoms with van der Waals surface area (Å²) in [4.78, 5) is 11.1. The van der Waals surface area contributed by atoms with Crippen molar-refractivity contribution in [1.29, 1.82) is 0 Å². The third-order valence-electron chi connectivity index (χ3n) is 3.83. The first kappa shape index (κ1) is 20.4. The molecular weight excluding hydrogens is 328 g/mol. The molecule has 2 N–H and O–H groups in total. The highest BCUT2D eigenvalue weighted by Crippen LogP contribution is 2.23. The van der Waals surface area contributed by atoms with Gasteiger partial charge in [0.1, 0.15) is 0 Å². The van der Waals surface area contributed by atoms with E-state index in [9.17, 15) is 18.3 Å². The molecule has 0 aliphatic heterocycles. The number of unbranched alkanes of at least 4 members (excludes halogenated alkanes) is 5. The summed E-state index contributed by atoms with van der Waals surface area (Å²) in [5, 5.41) is 12.4. The predicted molar refractivity (Wildman–Crippen MR) is 96.1 cm³/mol. The van der Waals surface area contributed by atoms with Gasteiger partial charge in [0.15, 0.2) is 0 Å². The molecule has 0 unspecified atom stereocenters. The molecule has 0 aliphatic rings. The number of rotatable bonds is 11. The summed E-state index contributed by atoms with van der Waals surface area (Å²) in [5.41, 5.74) is 0.405. The summed E-state index contributed by atoms with van der Waals surface area (Å²) >= 11 is 0. The molecule has 0 atom stereocenters. The summed E-state index contributed by atoms with van der Waals surface area (Å²) in [5.74, 6) is -1.25. The fourth-order valence-corrected chi connectivity index (χ4v) is 3.46. The second-order valence-corrected chi connectivity index (χ2v) is 8.12. The molecule has 0 bridgehead atoms. The predicted octanol–water partition coefficient (Wildman–Crippen LogP) is 3.41. The fraction of sp³-hybridized carbons (Fsp3) is 0.588. The maximum absolute atomic E-state index is 12.3. The van der Waals surface area contributed by atoms with E-state index in [0.29, 0.717) is 5.69 Å². The minimum Gasteiger partial charge on any atom is -0.478 e. The first-order valence-electron chi connectivity index (χ1n) is 8.34. The van der Waals surface area contributed by atoms with E-state index >= 15 is 0 Å². The van der Waals surface area contributed by atoms with Crippen molar-refractivity contribution in [3.05, 3.63) is 23.8 Å². The number of carboxylic acid groups (broad SMARTS) is 1. The van der Waals surface area contributed by atoms with E-state index < -0.39 is 16.0 Å². The summed E-state index contributed by atoms with van der Waals surface area (Å²) in [6.45, 7) is 2.92. The van der Waals surface area contributed by atoms with Crippen LogP contribution in [0.25, 0.3) is 0 Å². The van der Waals surface area contributed by atoms with Gasteiger partial charge in [-0.3, -0.25) is 0 Å². The number of nitrogens with zero attached hydrogens (tertiary/aromatic N) is 1. The van der Waals surface area contributed by atoms with E-state index in [4.69, 9.17) is 0 Å². The average molecular weight is 356 g/mol. The molecule has 1 aromatic rings. The topological polar surface area (TPSA) is 86.7 Å². The van der Waals surface area contributed by atoms with E-state index in [-0.39, 0.29) is 10.5 Å². The number of anilines is 1. The summed E-state index contributed by atoms with van der Waals surface area (Å²) in [6.07, 6.45) is 7.05. The number of carboxylic acids is 1. The highest BCUT2D eigenvalue weighted by atomic mass is 32.2. The van der Waals surface area contributed by atoms with Gasteiger partial charge in [-0.05, 0) is 24.6 Å². The molecule has 24 heavy (non-hydrogen) atoms. The highest BCUT2D eigenvalue weighted by Gasteiger charge is 2.24. The number of hydrogen-bond donors (Lipinski definition) is 2. The number of nitrogens with one attached hydrogen (secondary N) is 1. The average Bonchev–Trinajstić information content (AvgIpc) is 2.53. The monoisotopic (exact) mass is 356 g/mol. The van der Waals surface area contributed by atoms with Crippen LogP contribution >= 0.6 is 0 Å². The van der Waals surface area contributed by atoms with Gasteiger partial charge in [-0.15, -0.1) is 0 Å². The lowest BCUT2D eigenvalue weighted by atomic mass is 10.1. The Hall–Kier alpha value is -1.60. The minimum atomic E-state index is -3.81. The molecule has 0 aromatic heterocycles. The largest absolute Gasteiger partial charge is 0.478 e. The fourth-order valence-electron chi connectivity index (χ4n) is 2.36. The van der Waals surface area contributed by atoms with Gasteiger partial charge in [0.2, 0.25) is 10.0 Å². The smallest absolute Gasteiger partial charge is 0.337 e. The maximum atomic E-state index is 12.3. The SMILES string of the molecule is CCCCCCCCNc1ccc(C(=O)O)c(S(=O)(=O)N(C)C)c1. The highest BCUT2D eigenvalue weighted by molar-refractivity contribution is 7.89. The molecule has 0 spiro atoms. The van der Waals surface area contributed by atoms with E-state index in [0.717, 1.165) is 23.7 Å². The van der Waals surface area contributed by atoms with Crippen molar-refractivity contribution in [3.8, 4) is 0 Å². The van der Waals surface area contributed by atoms with E-state index in [1.54, 1.807) is 6.07 Å². The zero-order chi connectivity index (χ0) is 18.2. The van der Waals surface area contributed by atoms with Crippen molar-refractivity contribution < 1.29 is 18.3 Å². The Kier molecular flexibility index (Phi) is 8.21. The summed E-state index contributed by atoms with van der Waals surface area (Å²) in [6, 6.07) is 4.34. The van der Waals surface area contributed by atoms with Gasteiger partial charge < -0.3 is 10.4 Å². The van der Waals surface area contributed by atoms with Gasteiger partial charge in [-0.2, -0.15) is 0 Å². The Balaban J connectivity index is 2.76. The third-order valence-corrected chi connectivity index (χ3v) is 5.69. The molecule has 0 radical (unpaired) electrons. The van der Waals surface area contributed by atoms with Crippen molar-refractivity contribution >= 4 is 21.7 Å². The van der Waals surface area contributed by atoms with Crippen LogP contribution in [0.15, 0.2) is 23.1 Å². The van der Waals surface area contributed by atoms with Crippen LogP contribution in [-0.2, 0) is 10.0 Å². The molecule has 7 heteroatoms. The zero-order valence-corrected chi connectivity index (χ0v) is 15.5. The lowest BCUT2D eigenvalue weighted by Gasteiger charge is -2.15. The van der Waals surface area contributed by atoms with Crippen LogP contribution in [-0.4, -0.2) is 44.4 Å². The van der Waals surface area contributed by atoms with Crippen molar-refractivity contribution in [3.63, 3.8) is 0 Å². The van der Waals surface area contributed by atoms with Crippen molar-refractivity contribution in [2.75, 3.05) is 26.0 Å². The molecule has 0 aliphatic carbocycles. The van der Waals surface area contributed by atoms with Crippen molar-refractivity contribution in [2.45, 2.75) is 50.3 Å². The van der Waals surface area contributed by atoms with E-state index in [2.05, 4.69) is 12.2 Å². The van der Waals surface area contributed by atoms with Crippen LogP contribution in [0.4, 0.5) is 5.69 Å². The lowest BCUT2D eigenvalue weighted by molar-refractivity contribution is 0.0692. The van der Waals surface area contributed by atoms with Gasteiger partial charge in [-0.25, -0.2) is 17.5 Å². The van der Waals surface area contributed by atoms with Gasteiger partial charge in [0.25, 0.3) is 0 Å². The van der Waals surface area contributed by atoms with Crippen LogP contribution < -0.4 is 5.32 Å². The number of aromatic carboxylic acids is 1. The second kappa shape index (κ2) is 9.64. The van der Waals surface area contributed by atoms with Crippen LogP contribution in [0.1, 0.15) is 55.8 Å². The molecule has 1 rings (SSSR count). The summed E-state index contributed by atoms with van der Waals surface area (Å²) < 4.78 is 25.7. The second-order valence-electron chi connectivity index (χ2n) is 6.00. The maximum Gasteiger partial charge on any atom is 0.337 e. The Morgan fingerprint density at radius 2 is 1.75 bits per heavy atom. The Morgan fingerprint density at radius 1 is 1.12 bits per heavy atom. The van der Waals surface area contributed by atoms with Gasteiger partial charge >= 0.3 is 5.97 Å². The van der Waals surface area contributed by atoms with E-state index in [1.807, 2.05) is 0 Å². The van der Waals surface area contributed by atoms with Crippen LogP contribution in [0, 0.1) is 0 Å². The quantitative estimate of drug-likeness (QED) is 0.593. The molecule has 0 heterocycles. The minimum absolute atomic E-state index is 0.187. The number of benzene rings is 1. The molecule has 0 saturated heterocycles. The molecule has 0 fully saturated rings. The lowest BCUT2D eigenvalue weighted by Crippen LogP contribution is -2.24. The zero-order valence-electron chi connectivity index (χ0n) is 14.7. The van der Waals surface area contributed by atoms with Gasteiger partial charge in [0.05, 0.1) is 10.5 Å². The molecule has 6 nitrogen and oxygen atoms in total. The normalized spacial score (nSPS) is 11.7. The number of sulfonamides is 1. The van der Waals surface area contributed by atoms with Crippen LogP contribution in [0.5, 0.6) is 0 Å². The standard InChI is InChI=1S/C17H28N2O4S/c1-4-5-6-7-8-9-12-18-14-10-11-15(17(20)21)16(13-14)24(22,23)19(2)3/h10-11,13,18H,4-9,12H2,1-3H3,(H,20,21). The molecule has 0 amide bonds. The van der Waals surface area contributed by atoms with Crippen molar-refractivity contribution in [2.24, 2.45) is 0 Å². The molecule has 0 saturated carbocycles. The Labute approximate surface area is 144 Å². The molecular formula is C17H28N2O4S. The summed E-state index contributed by atoms with van der Waals surface area (Å²) in [7, 11) is -1.04. The molecule has 1 aromatic carbocycles. The number of carbonyl (C=O) groups is 1. The Morgan fingerprint density at radius 3 is 2.33 bits per heavy atom. The molecule has 136 valence electrons. The third kappa shape index (κ3) is 5.79. The van der Waals surface area contributed by atoms with Gasteiger partial charge in [-0.1, -0.05) is 39.0 Å². The first-order valence-corrected chi connectivity index (χ1v) is 9.78. The van der Waals surface area contributed by atoms with Crippen LogP contribution in [0.2, 0.25) is 0 Å². The number of hydrogen-bond acceptors (Lipinski definition) is 4. The van der Waals surface area contributed by atoms with E-state index in [1.165, 1.54) is 51.9 Å².